The maximum absolute atomic E-state index is 13.6. The second kappa shape index (κ2) is 13.5. The average Bonchev–Trinajstić information content (AvgIpc) is 2.99. The van der Waals surface area contributed by atoms with Crippen LogP contribution in [-0.4, -0.2) is 66.8 Å². The standard InChI is InChI=1S/C32H37ClN4O3/c1-4-25(23-12-8-7-9-13-23)31(39)37-20-18-36(19-21-37)29-17-16-24(22-27(29)32(40)35(5-2)6-3)34-30(38)26-14-10-11-15-28(26)33/h7-17,22,25H,4-6,18-21H2,1-3H3,(H,34,38)/t25-/m1/s1. The summed E-state index contributed by atoms with van der Waals surface area (Å²) in [4.78, 5) is 45.7. The SMILES string of the molecule is CC[C@@H](C(=O)N1CCN(c2ccc(NC(=O)c3ccccc3Cl)cc2C(=O)N(CC)CC)CC1)c1ccccc1. The number of amides is 3. The van der Waals surface area contributed by atoms with Gasteiger partial charge in [0, 0.05) is 50.6 Å². The fourth-order valence-corrected chi connectivity index (χ4v) is 5.43. The molecule has 0 aliphatic carbocycles. The van der Waals surface area contributed by atoms with Gasteiger partial charge in [0.25, 0.3) is 11.8 Å². The van der Waals surface area contributed by atoms with Gasteiger partial charge in [-0.1, -0.05) is 61.0 Å². The van der Waals surface area contributed by atoms with E-state index in [2.05, 4.69) is 10.2 Å². The zero-order valence-electron chi connectivity index (χ0n) is 23.4. The van der Waals surface area contributed by atoms with Crippen LogP contribution in [0.25, 0.3) is 0 Å². The maximum atomic E-state index is 13.6. The topological polar surface area (TPSA) is 73.0 Å². The lowest BCUT2D eigenvalue weighted by Crippen LogP contribution is -2.50. The van der Waals surface area contributed by atoms with Crippen molar-refractivity contribution in [3.63, 3.8) is 0 Å². The zero-order valence-corrected chi connectivity index (χ0v) is 24.2. The van der Waals surface area contributed by atoms with E-state index in [9.17, 15) is 14.4 Å². The summed E-state index contributed by atoms with van der Waals surface area (Å²) in [6, 6.07) is 22.2. The van der Waals surface area contributed by atoms with Gasteiger partial charge in [0.05, 0.1) is 22.1 Å². The van der Waals surface area contributed by atoms with Gasteiger partial charge in [0.1, 0.15) is 0 Å². The molecule has 210 valence electrons. The van der Waals surface area contributed by atoms with Gasteiger partial charge in [-0.15, -0.1) is 0 Å². The van der Waals surface area contributed by atoms with Crippen LogP contribution in [0.4, 0.5) is 11.4 Å². The van der Waals surface area contributed by atoms with Crippen molar-refractivity contribution < 1.29 is 14.4 Å². The molecule has 3 aromatic rings. The highest BCUT2D eigenvalue weighted by Gasteiger charge is 2.29. The van der Waals surface area contributed by atoms with E-state index in [0.29, 0.717) is 61.1 Å². The minimum atomic E-state index is -0.337. The van der Waals surface area contributed by atoms with Gasteiger partial charge < -0.3 is 20.0 Å². The smallest absolute Gasteiger partial charge is 0.257 e. The lowest BCUT2D eigenvalue weighted by Gasteiger charge is -2.38. The first kappa shape index (κ1) is 29.2. The Morgan fingerprint density at radius 2 is 1.50 bits per heavy atom. The van der Waals surface area contributed by atoms with Gasteiger partial charge in [0.15, 0.2) is 0 Å². The van der Waals surface area contributed by atoms with E-state index in [1.54, 1.807) is 35.2 Å². The Morgan fingerprint density at radius 3 is 2.12 bits per heavy atom. The number of hydrogen-bond acceptors (Lipinski definition) is 4. The molecule has 1 atom stereocenters. The van der Waals surface area contributed by atoms with E-state index in [4.69, 9.17) is 11.6 Å². The molecule has 7 nitrogen and oxygen atoms in total. The van der Waals surface area contributed by atoms with E-state index in [0.717, 1.165) is 17.7 Å². The van der Waals surface area contributed by atoms with Crippen LogP contribution in [0, 0.1) is 0 Å². The molecule has 0 bridgehead atoms. The molecule has 1 saturated heterocycles. The first-order valence-corrected chi connectivity index (χ1v) is 14.3. The molecular formula is C32H37ClN4O3. The van der Waals surface area contributed by atoms with Crippen molar-refractivity contribution in [2.75, 3.05) is 49.5 Å². The number of carbonyl (C=O) groups excluding carboxylic acids is 3. The van der Waals surface area contributed by atoms with Crippen molar-refractivity contribution in [1.29, 1.82) is 0 Å². The Morgan fingerprint density at radius 1 is 0.850 bits per heavy atom. The molecule has 0 spiro atoms. The number of piperazine rings is 1. The van der Waals surface area contributed by atoms with Gasteiger partial charge in [-0.3, -0.25) is 14.4 Å². The summed E-state index contributed by atoms with van der Waals surface area (Å²) in [5, 5.41) is 3.25. The van der Waals surface area contributed by atoms with Crippen molar-refractivity contribution >= 4 is 40.7 Å². The number of benzene rings is 3. The predicted molar refractivity (Wildman–Crippen MR) is 161 cm³/mol. The van der Waals surface area contributed by atoms with Gasteiger partial charge in [-0.2, -0.15) is 0 Å². The third kappa shape index (κ3) is 6.48. The molecule has 8 heteroatoms. The predicted octanol–water partition coefficient (Wildman–Crippen LogP) is 5.92. The molecular weight excluding hydrogens is 524 g/mol. The molecule has 3 aromatic carbocycles. The minimum absolute atomic E-state index is 0.0949. The van der Waals surface area contributed by atoms with Crippen molar-refractivity contribution in [3.8, 4) is 0 Å². The molecule has 0 unspecified atom stereocenters. The summed E-state index contributed by atoms with van der Waals surface area (Å²) < 4.78 is 0. The van der Waals surface area contributed by atoms with Crippen molar-refractivity contribution in [2.45, 2.75) is 33.1 Å². The van der Waals surface area contributed by atoms with Crippen LogP contribution in [0.5, 0.6) is 0 Å². The second-order valence-corrected chi connectivity index (χ2v) is 10.2. The van der Waals surface area contributed by atoms with Crippen molar-refractivity contribution in [1.82, 2.24) is 9.80 Å². The lowest BCUT2D eigenvalue weighted by molar-refractivity contribution is -0.133. The van der Waals surface area contributed by atoms with Gasteiger partial charge in [-0.25, -0.2) is 0 Å². The van der Waals surface area contributed by atoms with Gasteiger partial charge in [-0.05, 0) is 56.2 Å². The summed E-state index contributed by atoms with van der Waals surface area (Å²) in [7, 11) is 0. The summed E-state index contributed by atoms with van der Waals surface area (Å²) in [6.45, 7) is 9.47. The van der Waals surface area contributed by atoms with Crippen LogP contribution in [0.1, 0.15) is 59.4 Å². The van der Waals surface area contributed by atoms with Crippen LogP contribution in [0.3, 0.4) is 0 Å². The Hall–Kier alpha value is -3.84. The number of hydrogen-bond donors (Lipinski definition) is 1. The molecule has 4 rings (SSSR count). The molecule has 40 heavy (non-hydrogen) atoms. The third-order valence-corrected chi connectivity index (χ3v) is 7.82. The number of nitrogens with one attached hydrogen (secondary N) is 1. The molecule has 1 aliphatic rings. The monoisotopic (exact) mass is 560 g/mol. The minimum Gasteiger partial charge on any atom is -0.367 e. The summed E-state index contributed by atoms with van der Waals surface area (Å²) in [5.74, 6) is -0.447. The number of anilines is 2. The zero-order chi connectivity index (χ0) is 28.6. The molecule has 0 radical (unpaired) electrons. The van der Waals surface area contributed by atoms with Gasteiger partial charge >= 0.3 is 0 Å². The van der Waals surface area contributed by atoms with Crippen LogP contribution in [-0.2, 0) is 4.79 Å². The van der Waals surface area contributed by atoms with E-state index in [1.807, 2.05) is 68.1 Å². The van der Waals surface area contributed by atoms with Crippen LogP contribution >= 0.6 is 11.6 Å². The molecule has 1 heterocycles. The van der Waals surface area contributed by atoms with Crippen molar-refractivity contribution in [3.05, 3.63) is 94.5 Å². The van der Waals surface area contributed by atoms with E-state index < -0.39 is 0 Å². The number of nitrogens with zero attached hydrogens (tertiary/aromatic N) is 3. The van der Waals surface area contributed by atoms with Crippen LogP contribution in [0.15, 0.2) is 72.8 Å². The highest BCUT2D eigenvalue weighted by Crippen LogP contribution is 2.29. The number of carbonyl (C=O) groups is 3. The summed E-state index contributed by atoms with van der Waals surface area (Å²) in [5.41, 5.74) is 3.25. The first-order valence-electron chi connectivity index (χ1n) is 14.0. The quantitative estimate of drug-likeness (QED) is 0.353. The van der Waals surface area contributed by atoms with Crippen LogP contribution in [0.2, 0.25) is 5.02 Å². The van der Waals surface area contributed by atoms with E-state index in [1.165, 1.54) is 0 Å². The average molecular weight is 561 g/mol. The second-order valence-electron chi connectivity index (χ2n) is 9.83. The number of halogens is 1. The lowest BCUT2D eigenvalue weighted by atomic mass is 9.94. The molecule has 1 fully saturated rings. The Labute approximate surface area is 241 Å². The van der Waals surface area contributed by atoms with Gasteiger partial charge in [0.2, 0.25) is 5.91 Å². The Kier molecular flexibility index (Phi) is 9.83. The normalized spacial score (nSPS) is 14.0. The number of rotatable bonds is 9. The maximum Gasteiger partial charge on any atom is 0.257 e. The molecule has 0 saturated carbocycles. The fraction of sp³-hybridized carbons (Fsp3) is 0.344. The molecule has 0 aromatic heterocycles. The highest BCUT2D eigenvalue weighted by atomic mass is 35.5. The Balaban J connectivity index is 1.54. The summed E-state index contributed by atoms with van der Waals surface area (Å²) in [6.07, 6.45) is 0.743. The largest absolute Gasteiger partial charge is 0.367 e. The molecule has 1 aliphatic heterocycles. The summed E-state index contributed by atoms with van der Waals surface area (Å²) >= 11 is 6.21. The highest BCUT2D eigenvalue weighted by molar-refractivity contribution is 6.34. The van der Waals surface area contributed by atoms with Crippen LogP contribution < -0.4 is 10.2 Å². The third-order valence-electron chi connectivity index (χ3n) is 7.49. The fourth-order valence-electron chi connectivity index (χ4n) is 5.21. The van der Waals surface area contributed by atoms with Crippen molar-refractivity contribution in [2.24, 2.45) is 0 Å². The molecule has 1 N–H and O–H groups in total. The van der Waals surface area contributed by atoms with E-state index in [-0.39, 0.29) is 23.6 Å². The van der Waals surface area contributed by atoms with E-state index >= 15 is 0 Å². The molecule has 3 amide bonds. The first-order chi connectivity index (χ1) is 19.4. The Bertz CT molecular complexity index is 1330.